The maximum atomic E-state index is 12.6. The lowest BCUT2D eigenvalue weighted by Crippen LogP contribution is -2.27. The number of benzene rings is 1. The minimum atomic E-state index is -0.138. The summed E-state index contributed by atoms with van der Waals surface area (Å²) in [7, 11) is 3.60. The summed E-state index contributed by atoms with van der Waals surface area (Å²) in [6.07, 6.45) is 1.71. The van der Waals surface area contributed by atoms with Gasteiger partial charge in [0.25, 0.3) is 5.91 Å². The van der Waals surface area contributed by atoms with Crippen LogP contribution in [0.5, 0.6) is 11.5 Å². The Morgan fingerprint density at radius 2 is 2.12 bits per heavy atom. The first-order chi connectivity index (χ1) is 12.1. The second-order valence-corrected chi connectivity index (χ2v) is 5.84. The van der Waals surface area contributed by atoms with Gasteiger partial charge in [0.15, 0.2) is 11.5 Å². The van der Waals surface area contributed by atoms with E-state index in [9.17, 15) is 4.79 Å². The van der Waals surface area contributed by atoms with Crippen LogP contribution in [-0.4, -0.2) is 44.6 Å². The molecule has 0 atom stereocenters. The highest BCUT2D eigenvalue weighted by Gasteiger charge is 2.18. The number of fused-ring (bicyclic) bond motifs is 1. The van der Waals surface area contributed by atoms with Crippen LogP contribution in [0.15, 0.2) is 36.5 Å². The molecule has 3 aromatic rings. The molecule has 8 nitrogen and oxygen atoms in total. The Bertz CT molecular complexity index is 930. The number of H-pyrrole nitrogens is 1. The van der Waals surface area contributed by atoms with E-state index in [4.69, 9.17) is 9.47 Å². The summed E-state index contributed by atoms with van der Waals surface area (Å²) in [4.78, 5) is 14.2. The van der Waals surface area contributed by atoms with Crippen LogP contribution in [0.1, 0.15) is 16.2 Å². The first-order valence-electron chi connectivity index (χ1n) is 7.79. The number of nitrogens with zero attached hydrogens (tertiary/aromatic N) is 4. The van der Waals surface area contributed by atoms with E-state index >= 15 is 0 Å². The smallest absolute Gasteiger partial charge is 0.271 e. The highest BCUT2D eigenvalue weighted by atomic mass is 16.7. The van der Waals surface area contributed by atoms with Gasteiger partial charge in [-0.15, -0.1) is 0 Å². The molecule has 2 aromatic heterocycles. The van der Waals surface area contributed by atoms with Crippen LogP contribution < -0.4 is 9.47 Å². The lowest BCUT2D eigenvalue weighted by molar-refractivity contribution is 0.0776. The fourth-order valence-electron chi connectivity index (χ4n) is 2.71. The number of aromatic nitrogens is 4. The van der Waals surface area contributed by atoms with Gasteiger partial charge >= 0.3 is 0 Å². The molecule has 3 heterocycles. The van der Waals surface area contributed by atoms with Crippen molar-refractivity contribution in [3.63, 3.8) is 0 Å². The molecule has 0 saturated heterocycles. The van der Waals surface area contributed by atoms with Gasteiger partial charge in [-0.3, -0.25) is 14.6 Å². The molecule has 0 fully saturated rings. The molecular formula is C17H17N5O3. The molecule has 1 amide bonds. The zero-order chi connectivity index (χ0) is 17.4. The molecule has 0 saturated carbocycles. The average Bonchev–Trinajstić information content (AvgIpc) is 3.34. The van der Waals surface area contributed by atoms with Gasteiger partial charge in [0.2, 0.25) is 6.79 Å². The molecule has 0 unspecified atom stereocenters. The Kier molecular flexibility index (Phi) is 3.64. The summed E-state index contributed by atoms with van der Waals surface area (Å²) < 4.78 is 12.4. The fraction of sp³-hybridized carbons (Fsp3) is 0.235. The van der Waals surface area contributed by atoms with Gasteiger partial charge in [0, 0.05) is 25.9 Å². The number of rotatable bonds is 4. The number of aromatic amines is 1. The number of carbonyl (C=O) groups is 1. The largest absolute Gasteiger partial charge is 0.454 e. The average molecular weight is 339 g/mol. The highest BCUT2D eigenvalue weighted by molar-refractivity contribution is 5.93. The lowest BCUT2D eigenvalue weighted by Gasteiger charge is -2.15. The van der Waals surface area contributed by atoms with E-state index in [1.807, 2.05) is 31.3 Å². The standard InChI is InChI=1S/C17H17N5O3/c1-21(9-12-5-6-18-22(12)2)17(23)14-8-13(19-20-14)11-3-4-15-16(7-11)25-10-24-15/h3-8H,9-10H2,1-2H3,(H,19,20). The van der Waals surface area contributed by atoms with Gasteiger partial charge in [-0.25, -0.2) is 0 Å². The van der Waals surface area contributed by atoms with Crippen molar-refractivity contribution in [3.8, 4) is 22.8 Å². The fourth-order valence-corrected chi connectivity index (χ4v) is 2.71. The molecule has 1 aliphatic heterocycles. The Balaban J connectivity index is 1.52. The van der Waals surface area contributed by atoms with Gasteiger partial charge in [-0.1, -0.05) is 0 Å². The molecule has 1 aromatic carbocycles. The maximum Gasteiger partial charge on any atom is 0.271 e. The molecular weight excluding hydrogens is 322 g/mol. The minimum absolute atomic E-state index is 0.138. The number of hydrogen-bond donors (Lipinski definition) is 1. The molecule has 8 heteroatoms. The summed E-state index contributed by atoms with van der Waals surface area (Å²) in [5.41, 5.74) is 2.91. The minimum Gasteiger partial charge on any atom is -0.454 e. The Hall–Kier alpha value is -3.29. The van der Waals surface area contributed by atoms with Gasteiger partial charge in [0.1, 0.15) is 5.69 Å². The molecule has 1 N–H and O–H groups in total. The molecule has 25 heavy (non-hydrogen) atoms. The lowest BCUT2D eigenvalue weighted by atomic mass is 10.1. The van der Waals surface area contributed by atoms with Gasteiger partial charge in [-0.05, 0) is 30.3 Å². The zero-order valence-corrected chi connectivity index (χ0v) is 13.9. The molecule has 0 radical (unpaired) electrons. The van der Waals surface area contributed by atoms with Gasteiger partial charge in [0.05, 0.1) is 17.9 Å². The zero-order valence-electron chi connectivity index (χ0n) is 13.9. The van der Waals surface area contributed by atoms with E-state index in [1.165, 1.54) is 0 Å². The maximum absolute atomic E-state index is 12.6. The first-order valence-corrected chi connectivity index (χ1v) is 7.79. The summed E-state index contributed by atoms with van der Waals surface area (Å²) in [5, 5.41) is 11.2. The Morgan fingerprint density at radius 3 is 2.92 bits per heavy atom. The summed E-state index contributed by atoms with van der Waals surface area (Å²) in [5.74, 6) is 1.26. The van der Waals surface area contributed by atoms with Crippen molar-refractivity contribution >= 4 is 5.91 Å². The van der Waals surface area contributed by atoms with Crippen molar-refractivity contribution in [1.82, 2.24) is 24.9 Å². The summed E-state index contributed by atoms with van der Waals surface area (Å²) >= 11 is 0. The van der Waals surface area contributed by atoms with Crippen molar-refractivity contribution < 1.29 is 14.3 Å². The predicted octanol–water partition coefficient (Wildman–Crippen LogP) is 1.81. The van der Waals surface area contributed by atoms with Crippen LogP contribution in [0.2, 0.25) is 0 Å². The van der Waals surface area contributed by atoms with Crippen LogP contribution in [0.25, 0.3) is 11.3 Å². The number of hydrogen-bond acceptors (Lipinski definition) is 5. The molecule has 4 rings (SSSR count). The predicted molar refractivity (Wildman–Crippen MR) is 89.2 cm³/mol. The molecule has 128 valence electrons. The van der Waals surface area contributed by atoms with Crippen LogP contribution in [0.3, 0.4) is 0 Å². The molecule has 0 bridgehead atoms. The molecule has 0 spiro atoms. The number of carbonyl (C=O) groups excluding carboxylic acids is 1. The summed E-state index contributed by atoms with van der Waals surface area (Å²) in [6, 6.07) is 9.19. The van der Waals surface area contributed by atoms with Gasteiger partial charge < -0.3 is 14.4 Å². The van der Waals surface area contributed by atoms with Crippen LogP contribution in [0.4, 0.5) is 0 Å². The molecule has 1 aliphatic rings. The van der Waals surface area contributed by atoms with Crippen molar-refractivity contribution in [2.24, 2.45) is 7.05 Å². The van der Waals surface area contributed by atoms with E-state index in [1.54, 1.807) is 28.9 Å². The van der Waals surface area contributed by atoms with E-state index in [0.717, 1.165) is 11.3 Å². The van der Waals surface area contributed by atoms with Crippen LogP contribution >= 0.6 is 0 Å². The third-order valence-electron chi connectivity index (χ3n) is 4.14. The normalized spacial score (nSPS) is 12.4. The second kappa shape index (κ2) is 5.97. The highest BCUT2D eigenvalue weighted by Crippen LogP contribution is 2.35. The molecule has 0 aliphatic carbocycles. The van der Waals surface area contributed by atoms with Crippen LogP contribution in [-0.2, 0) is 13.6 Å². The first kappa shape index (κ1) is 15.3. The van der Waals surface area contributed by atoms with Crippen LogP contribution in [0, 0.1) is 0 Å². The van der Waals surface area contributed by atoms with Crippen molar-refractivity contribution in [2.75, 3.05) is 13.8 Å². The summed E-state index contributed by atoms with van der Waals surface area (Å²) in [6.45, 7) is 0.690. The number of ether oxygens (including phenoxy) is 2. The topological polar surface area (TPSA) is 85.3 Å². The Labute approximate surface area is 144 Å². The van der Waals surface area contributed by atoms with Crippen molar-refractivity contribution in [2.45, 2.75) is 6.54 Å². The Morgan fingerprint density at radius 1 is 1.28 bits per heavy atom. The van der Waals surface area contributed by atoms with Crippen molar-refractivity contribution in [3.05, 3.63) is 47.9 Å². The van der Waals surface area contributed by atoms with E-state index < -0.39 is 0 Å². The van der Waals surface area contributed by atoms with E-state index in [-0.39, 0.29) is 12.7 Å². The number of nitrogens with one attached hydrogen (secondary N) is 1. The quantitative estimate of drug-likeness (QED) is 0.783. The number of aryl methyl sites for hydroxylation is 1. The van der Waals surface area contributed by atoms with E-state index in [0.29, 0.717) is 29.4 Å². The van der Waals surface area contributed by atoms with Crippen molar-refractivity contribution in [1.29, 1.82) is 0 Å². The van der Waals surface area contributed by atoms with Gasteiger partial charge in [-0.2, -0.15) is 10.2 Å². The van der Waals surface area contributed by atoms with E-state index in [2.05, 4.69) is 15.3 Å². The third-order valence-corrected chi connectivity index (χ3v) is 4.14. The third kappa shape index (κ3) is 2.82. The second-order valence-electron chi connectivity index (χ2n) is 5.84. The monoisotopic (exact) mass is 339 g/mol. The SMILES string of the molecule is CN(Cc1ccnn1C)C(=O)c1cc(-c2ccc3c(c2)OCO3)n[nH]1. The number of amides is 1.